The van der Waals surface area contributed by atoms with Crippen LogP contribution in [0.15, 0.2) is 11.4 Å². The van der Waals surface area contributed by atoms with Gasteiger partial charge in [-0.25, -0.2) is 0 Å². The van der Waals surface area contributed by atoms with Crippen molar-refractivity contribution in [2.75, 3.05) is 0 Å². The van der Waals surface area contributed by atoms with Gasteiger partial charge >= 0.3 is 0 Å². The van der Waals surface area contributed by atoms with Crippen molar-refractivity contribution in [2.24, 2.45) is 5.92 Å². The molecule has 1 aromatic heterocycles. The minimum atomic E-state index is 0.276. The summed E-state index contributed by atoms with van der Waals surface area (Å²) in [5.74, 6) is 1.09. The van der Waals surface area contributed by atoms with E-state index in [1.807, 2.05) is 11.4 Å². The van der Waals surface area contributed by atoms with E-state index in [-0.39, 0.29) is 5.78 Å². The molecule has 2 rings (SSSR count). The van der Waals surface area contributed by atoms with Crippen LogP contribution in [0.1, 0.15) is 48.9 Å². The molecule has 0 atom stereocenters. The van der Waals surface area contributed by atoms with Crippen molar-refractivity contribution < 1.29 is 4.79 Å². The molecule has 75 valence electrons. The Morgan fingerprint density at radius 2 is 2.29 bits per heavy atom. The fourth-order valence-electron chi connectivity index (χ4n) is 2.15. The third kappa shape index (κ3) is 2.44. The second kappa shape index (κ2) is 4.74. The second-order valence-corrected chi connectivity index (χ2v) is 4.76. The second-order valence-electron chi connectivity index (χ2n) is 4.05. The van der Waals surface area contributed by atoms with Crippen molar-refractivity contribution in [2.45, 2.75) is 38.5 Å². The Morgan fingerprint density at radius 3 is 2.93 bits per heavy atom. The molecule has 14 heavy (non-hydrogen) atoms. The van der Waals surface area contributed by atoms with Crippen LogP contribution in [0.3, 0.4) is 0 Å². The van der Waals surface area contributed by atoms with Gasteiger partial charge in [-0.05, 0) is 23.8 Å². The van der Waals surface area contributed by atoms with Crippen LogP contribution >= 0.6 is 11.3 Å². The van der Waals surface area contributed by atoms with Gasteiger partial charge in [0.25, 0.3) is 0 Å². The van der Waals surface area contributed by atoms with Crippen LogP contribution in [0, 0.1) is 11.3 Å². The largest absolute Gasteiger partial charge is 0.294 e. The summed E-state index contributed by atoms with van der Waals surface area (Å²) in [6, 6.07) is 1.88. The molecular weight excluding hydrogens is 192 g/mol. The SMILES string of the molecule is O=C(CCC1CCCC1)c1[c]scc1. The molecule has 1 aliphatic carbocycles. The molecule has 2 heteroatoms. The number of rotatable bonds is 4. The molecule has 0 amide bonds. The molecule has 1 nitrogen and oxygen atoms in total. The molecule has 0 N–H and O–H groups in total. The van der Waals surface area contributed by atoms with Crippen molar-refractivity contribution in [1.29, 1.82) is 0 Å². The summed E-state index contributed by atoms with van der Waals surface area (Å²) >= 11 is 1.48. The molecule has 1 saturated carbocycles. The molecule has 0 bridgehead atoms. The third-order valence-corrected chi connectivity index (χ3v) is 3.64. The molecule has 1 heterocycles. The highest BCUT2D eigenvalue weighted by molar-refractivity contribution is 7.07. The first-order valence-corrected chi connectivity index (χ1v) is 6.22. The van der Waals surface area contributed by atoms with Gasteiger partial charge < -0.3 is 0 Å². The monoisotopic (exact) mass is 207 g/mol. The Bertz CT molecular complexity index is 283. The first-order chi connectivity index (χ1) is 6.86. The number of carbonyl (C=O) groups is 1. The van der Waals surface area contributed by atoms with E-state index in [2.05, 4.69) is 5.38 Å². The van der Waals surface area contributed by atoms with Crippen molar-refractivity contribution in [3.8, 4) is 0 Å². The van der Waals surface area contributed by atoms with E-state index in [1.54, 1.807) is 0 Å². The number of hydrogen-bond acceptors (Lipinski definition) is 2. The molecule has 1 aliphatic rings. The van der Waals surface area contributed by atoms with Gasteiger partial charge in [0, 0.05) is 12.0 Å². The first kappa shape index (κ1) is 9.91. The van der Waals surface area contributed by atoms with E-state index < -0.39 is 0 Å². The summed E-state index contributed by atoms with van der Waals surface area (Å²) in [5, 5.41) is 4.92. The van der Waals surface area contributed by atoms with Gasteiger partial charge in [0.05, 0.1) is 5.38 Å². The van der Waals surface area contributed by atoms with Crippen molar-refractivity contribution in [1.82, 2.24) is 0 Å². The molecular formula is C12H15OS. The van der Waals surface area contributed by atoms with Crippen LogP contribution in [0.5, 0.6) is 0 Å². The average molecular weight is 207 g/mol. The van der Waals surface area contributed by atoms with Gasteiger partial charge in [-0.1, -0.05) is 25.7 Å². The van der Waals surface area contributed by atoms with Gasteiger partial charge in [0.15, 0.2) is 5.78 Å². The predicted molar refractivity (Wildman–Crippen MR) is 58.7 cm³/mol. The number of Topliss-reactive ketones (excluding diaryl/α,β-unsaturated/α-hetero) is 1. The van der Waals surface area contributed by atoms with Gasteiger partial charge in [0.1, 0.15) is 0 Å². The standard InChI is InChI=1S/C12H15OS/c13-12(11-7-8-14-9-11)6-5-10-3-1-2-4-10/h7-8,10H,1-6H2. The van der Waals surface area contributed by atoms with Gasteiger partial charge in [-0.2, -0.15) is 0 Å². The van der Waals surface area contributed by atoms with Gasteiger partial charge in [-0.3, -0.25) is 4.79 Å². The summed E-state index contributed by atoms with van der Waals surface area (Å²) in [4.78, 5) is 11.6. The number of carbonyl (C=O) groups excluding carboxylic acids is 1. The van der Waals surface area contributed by atoms with Crippen LogP contribution in [0.2, 0.25) is 0 Å². The third-order valence-electron chi connectivity index (χ3n) is 3.03. The Labute approximate surface area is 89.1 Å². The normalized spacial score (nSPS) is 17.4. The van der Waals surface area contributed by atoms with Crippen LogP contribution in [0.25, 0.3) is 0 Å². The smallest absolute Gasteiger partial charge is 0.164 e. The Hall–Kier alpha value is -0.630. The topological polar surface area (TPSA) is 17.1 Å². The Kier molecular flexibility index (Phi) is 3.35. The number of thiophene rings is 1. The number of hydrogen-bond donors (Lipinski definition) is 0. The fraction of sp³-hybridized carbons (Fsp3) is 0.583. The van der Waals surface area contributed by atoms with Gasteiger partial charge in [0.2, 0.25) is 0 Å². The zero-order valence-corrected chi connectivity index (χ0v) is 9.11. The first-order valence-electron chi connectivity index (χ1n) is 5.34. The van der Waals surface area contributed by atoms with Crippen molar-refractivity contribution in [3.63, 3.8) is 0 Å². The summed E-state index contributed by atoms with van der Waals surface area (Å²) in [5.41, 5.74) is 0.785. The lowest BCUT2D eigenvalue weighted by atomic mass is 9.98. The van der Waals surface area contributed by atoms with E-state index in [1.165, 1.54) is 37.0 Å². The maximum atomic E-state index is 11.6. The van der Waals surface area contributed by atoms with E-state index in [0.29, 0.717) is 0 Å². The van der Waals surface area contributed by atoms with E-state index in [0.717, 1.165) is 24.3 Å². The fourth-order valence-corrected chi connectivity index (χ4v) is 2.73. The van der Waals surface area contributed by atoms with Crippen LogP contribution in [-0.4, -0.2) is 5.78 Å². The molecule has 0 aliphatic heterocycles. The Balaban J connectivity index is 1.78. The van der Waals surface area contributed by atoms with Gasteiger partial charge in [-0.15, -0.1) is 11.3 Å². The van der Waals surface area contributed by atoms with Crippen LogP contribution < -0.4 is 0 Å². The zero-order chi connectivity index (χ0) is 9.80. The lowest BCUT2D eigenvalue weighted by Crippen LogP contribution is -2.01. The highest BCUT2D eigenvalue weighted by Gasteiger charge is 2.16. The minimum Gasteiger partial charge on any atom is -0.294 e. The lowest BCUT2D eigenvalue weighted by Gasteiger charge is -2.06. The highest BCUT2D eigenvalue weighted by Crippen LogP contribution is 2.29. The van der Waals surface area contributed by atoms with E-state index in [4.69, 9.17) is 0 Å². The molecule has 1 fully saturated rings. The minimum absolute atomic E-state index is 0.276. The van der Waals surface area contributed by atoms with Crippen LogP contribution in [0.4, 0.5) is 0 Å². The zero-order valence-electron chi connectivity index (χ0n) is 8.29. The van der Waals surface area contributed by atoms with E-state index in [9.17, 15) is 4.79 Å². The quantitative estimate of drug-likeness (QED) is 0.688. The molecule has 0 aromatic carbocycles. The summed E-state index contributed by atoms with van der Waals surface area (Å²) in [7, 11) is 0. The number of ketones is 1. The summed E-state index contributed by atoms with van der Waals surface area (Å²) in [6.07, 6.45) is 7.20. The predicted octanol–water partition coefficient (Wildman–Crippen LogP) is 3.70. The maximum absolute atomic E-state index is 11.6. The maximum Gasteiger partial charge on any atom is 0.164 e. The molecule has 1 aromatic rings. The molecule has 0 unspecified atom stereocenters. The summed E-state index contributed by atoms with van der Waals surface area (Å²) in [6.45, 7) is 0. The van der Waals surface area contributed by atoms with Crippen LogP contribution in [-0.2, 0) is 0 Å². The highest BCUT2D eigenvalue weighted by atomic mass is 32.1. The molecule has 1 radical (unpaired) electrons. The average Bonchev–Trinajstić information content (AvgIpc) is 2.87. The van der Waals surface area contributed by atoms with Crippen molar-refractivity contribution >= 4 is 17.1 Å². The van der Waals surface area contributed by atoms with E-state index >= 15 is 0 Å². The lowest BCUT2D eigenvalue weighted by molar-refractivity contribution is 0.0974. The molecule has 0 saturated heterocycles. The van der Waals surface area contributed by atoms with Crippen molar-refractivity contribution in [3.05, 3.63) is 22.4 Å². The molecule has 0 spiro atoms. The summed E-state index contributed by atoms with van der Waals surface area (Å²) < 4.78 is 0. The Morgan fingerprint density at radius 1 is 1.50 bits per heavy atom.